The van der Waals surface area contributed by atoms with Crippen molar-refractivity contribution in [3.05, 3.63) is 23.9 Å². The summed E-state index contributed by atoms with van der Waals surface area (Å²) >= 11 is 0. The van der Waals surface area contributed by atoms with E-state index in [1.54, 1.807) is 12.3 Å². The Morgan fingerprint density at radius 2 is 2.00 bits per heavy atom. The first-order chi connectivity index (χ1) is 13.1. The van der Waals surface area contributed by atoms with Crippen LogP contribution in [0.1, 0.15) is 36.5 Å². The molecule has 0 bridgehead atoms. The second-order valence-electron chi connectivity index (χ2n) is 7.80. The summed E-state index contributed by atoms with van der Waals surface area (Å²) in [6.07, 6.45) is 4.50. The molecule has 0 aliphatic carbocycles. The zero-order valence-corrected chi connectivity index (χ0v) is 16.0. The van der Waals surface area contributed by atoms with Crippen LogP contribution in [0.4, 0.5) is 5.82 Å². The second kappa shape index (κ2) is 7.46. The Balaban J connectivity index is 1.47. The van der Waals surface area contributed by atoms with Gasteiger partial charge in [-0.1, -0.05) is 6.92 Å². The van der Waals surface area contributed by atoms with Crippen LogP contribution >= 0.6 is 0 Å². The third kappa shape index (κ3) is 3.40. The molecule has 1 unspecified atom stereocenters. The fourth-order valence-corrected chi connectivity index (χ4v) is 4.50. The summed E-state index contributed by atoms with van der Waals surface area (Å²) in [5, 5.41) is 0. The third-order valence-corrected chi connectivity index (χ3v) is 6.06. The molecule has 3 fully saturated rings. The van der Waals surface area contributed by atoms with Crippen LogP contribution in [-0.4, -0.2) is 79.1 Å². The Kier molecular flexibility index (Phi) is 5.04. The molecule has 4 heterocycles. The summed E-state index contributed by atoms with van der Waals surface area (Å²) < 4.78 is 5.33. The lowest BCUT2D eigenvalue weighted by Crippen LogP contribution is -2.40. The van der Waals surface area contributed by atoms with Crippen molar-refractivity contribution < 1.29 is 14.3 Å². The minimum atomic E-state index is -0.263. The van der Waals surface area contributed by atoms with Crippen LogP contribution in [0.3, 0.4) is 0 Å². The maximum atomic E-state index is 12.9. The lowest BCUT2D eigenvalue weighted by molar-refractivity contribution is -0.135. The fraction of sp³-hybridized carbons (Fsp3) is 0.650. The van der Waals surface area contributed by atoms with E-state index in [0.29, 0.717) is 44.3 Å². The van der Waals surface area contributed by atoms with Crippen LogP contribution in [0.25, 0.3) is 0 Å². The molecule has 146 valence electrons. The van der Waals surface area contributed by atoms with Gasteiger partial charge in [0.05, 0.1) is 18.6 Å². The van der Waals surface area contributed by atoms with Crippen LogP contribution in [0, 0.1) is 5.41 Å². The van der Waals surface area contributed by atoms with Crippen molar-refractivity contribution in [3.8, 4) is 0 Å². The molecule has 3 aliphatic heterocycles. The van der Waals surface area contributed by atoms with E-state index in [2.05, 4.69) is 16.8 Å². The molecule has 2 amide bonds. The van der Waals surface area contributed by atoms with Crippen molar-refractivity contribution in [2.24, 2.45) is 5.41 Å². The lowest BCUT2D eigenvalue weighted by Gasteiger charge is -2.27. The van der Waals surface area contributed by atoms with E-state index in [1.165, 1.54) is 0 Å². The monoisotopic (exact) mass is 372 g/mol. The number of nitrogens with zero attached hydrogens (tertiary/aromatic N) is 4. The SMILES string of the molecule is CCCN1CCC2(CCN(c3cc(C(=O)N4CCOCC4)ccn3)C2)C1=O. The van der Waals surface area contributed by atoms with E-state index >= 15 is 0 Å². The summed E-state index contributed by atoms with van der Waals surface area (Å²) in [4.78, 5) is 36.1. The highest BCUT2D eigenvalue weighted by molar-refractivity contribution is 5.95. The molecule has 1 aromatic heterocycles. The number of likely N-dealkylation sites (tertiary alicyclic amines) is 1. The molecule has 0 aromatic carbocycles. The number of ether oxygens (including phenoxy) is 1. The Morgan fingerprint density at radius 1 is 1.22 bits per heavy atom. The quantitative estimate of drug-likeness (QED) is 0.799. The van der Waals surface area contributed by atoms with E-state index in [0.717, 1.165) is 44.7 Å². The molecular weight excluding hydrogens is 344 g/mol. The first-order valence-corrected chi connectivity index (χ1v) is 10.0. The maximum Gasteiger partial charge on any atom is 0.254 e. The minimum absolute atomic E-state index is 0.0296. The second-order valence-corrected chi connectivity index (χ2v) is 7.80. The highest BCUT2D eigenvalue weighted by Crippen LogP contribution is 2.41. The standard InChI is InChI=1S/C20H28N4O3/c1-2-7-23-8-4-20(19(23)26)5-9-24(15-20)17-14-16(3-6-21-17)18(25)22-10-12-27-13-11-22/h3,6,14H,2,4-5,7-13,15H2,1H3. The zero-order valence-electron chi connectivity index (χ0n) is 16.0. The number of aromatic nitrogens is 1. The smallest absolute Gasteiger partial charge is 0.254 e. The molecule has 27 heavy (non-hydrogen) atoms. The van der Waals surface area contributed by atoms with Gasteiger partial charge in [-0.05, 0) is 31.4 Å². The van der Waals surface area contributed by atoms with Crippen LogP contribution in [0.2, 0.25) is 0 Å². The molecule has 3 saturated heterocycles. The topological polar surface area (TPSA) is 66.0 Å². The van der Waals surface area contributed by atoms with Gasteiger partial charge in [-0.3, -0.25) is 9.59 Å². The number of pyridine rings is 1. The maximum absolute atomic E-state index is 12.9. The average Bonchev–Trinajstić information content (AvgIpc) is 3.28. The van der Waals surface area contributed by atoms with E-state index in [9.17, 15) is 9.59 Å². The van der Waals surface area contributed by atoms with E-state index < -0.39 is 0 Å². The summed E-state index contributed by atoms with van der Waals surface area (Å²) in [5.41, 5.74) is 0.398. The molecule has 1 atom stereocenters. The minimum Gasteiger partial charge on any atom is -0.378 e. The molecule has 1 spiro atoms. The number of hydrogen-bond acceptors (Lipinski definition) is 5. The van der Waals surface area contributed by atoms with Crippen LogP contribution in [0.5, 0.6) is 0 Å². The van der Waals surface area contributed by atoms with Gasteiger partial charge < -0.3 is 19.4 Å². The van der Waals surface area contributed by atoms with Crippen molar-refractivity contribution in [1.82, 2.24) is 14.8 Å². The Morgan fingerprint density at radius 3 is 2.78 bits per heavy atom. The number of carbonyl (C=O) groups excluding carboxylic acids is 2. The fourth-order valence-electron chi connectivity index (χ4n) is 4.50. The molecule has 0 radical (unpaired) electrons. The van der Waals surface area contributed by atoms with Gasteiger partial charge in [-0.2, -0.15) is 0 Å². The van der Waals surface area contributed by atoms with Gasteiger partial charge in [-0.15, -0.1) is 0 Å². The van der Waals surface area contributed by atoms with Gasteiger partial charge >= 0.3 is 0 Å². The van der Waals surface area contributed by atoms with E-state index in [4.69, 9.17) is 4.74 Å². The predicted molar refractivity (Wildman–Crippen MR) is 102 cm³/mol. The van der Waals surface area contributed by atoms with Gasteiger partial charge in [0.15, 0.2) is 0 Å². The lowest BCUT2D eigenvalue weighted by atomic mass is 9.85. The summed E-state index contributed by atoms with van der Waals surface area (Å²) in [5.74, 6) is 1.13. The summed E-state index contributed by atoms with van der Waals surface area (Å²) in [6.45, 7) is 7.79. The molecule has 1 aromatic rings. The molecule has 7 heteroatoms. The number of carbonyl (C=O) groups is 2. The Hall–Kier alpha value is -2.15. The van der Waals surface area contributed by atoms with Crippen molar-refractivity contribution in [2.45, 2.75) is 26.2 Å². The van der Waals surface area contributed by atoms with Gasteiger partial charge in [-0.25, -0.2) is 4.98 Å². The van der Waals surface area contributed by atoms with Crippen molar-refractivity contribution in [1.29, 1.82) is 0 Å². The van der Waals surface area contributed by atoms with E-state index in [1.807, 2.05) is 15.9 Å². The average molecular weight is 372 g/mol. The number of rotatable bonds is 4. The Labute approximate surface area is 160 Å². The van der Waals surface area contributed by atoms with Crippen LogP contribution < -0.4 is 4.90 Å². The van der Waals surface area contributed by atoms with Crippen LogP contribution in [-0.2, 0) is 9.53 Å². The van der Waals surface area contributed by atoms with Gasteiger partial charge in [0, 0.05) is 51.0 Å². The molecule has 7 nitrogen and oxygen atoms in total. The third-order valence-electron chi connectivity index (χ3n) is 6.06. The van der Waals surface area contributed by atoms with Crippen molar-refractivity contribution >= 4 is 17.6 Å². The predicted octanol–water partition coefficient (Wildman–Crippen LogP) is 1.39. The number of hydrogen-bond donors (Lipinski definition) is 0. The van der Waals surface area contributed by atoms with E-state index in [-0.39, 0.29) is 11.3 Å². The first-order valence-electron chi connectivity index (χ1n) is 10.0. The number of anilines is 1. The first kappa shape index (κ1) is 18.2. The van der Waals surface area contributed by atoms with Gasteiger partial charge in [0.1, 0.15) is 5.82 Å². The molecule has 3 aliphatic rings. The van der Waals surface area contributed by atoms with Crippen molar-refractivity contribution in [3.63, 3.8) is 0 Å². The molecule has 0 N–H and O–H groups in total. The van der Waals surface area contributed by atoms with Crippen molar-refractivity contribution in [2.75, 3.05) is 57.4 Å². The summed E-state index contributed by atoms with van der Waals surface area (Å²) in [7, 11) is 0. The highest BCUT2D eigenvalue weighted by atomic mass is 16.5. The molecular formula is C20H28N4O3. The summed E-state index contributed by atoms with van der Waals surface area (Å²) in [6, 6.07) is 3.65. The number of morpholine rings is 1. The van der Waals surface area contributed by atoms with Gasteiger partial charge in [0.2, 0.25) is 5.91 Å². The molecule has 4 rings (SSSR count). The highest BCUT2D eigenvalue weighted by Gasteiger charge is 2.50. The van der Waals surface area contributed by atoms with Crippen LogP contribution in [0.15, 0.2) is 18.3 Å². The normalized spacial score (nSPS) is 25.7. The zero-order chi connectivity index (χ0) is 18.9. The largest absolute Gasteiger partial charge is 0.378 e. The van der Waals surface area contributed by atoms with Gasteiger partial charge in [0.25, 0.3) is 5.91 Å². The molecule has 0 saturated carbocycles. The Bertz CT molecular complexity index is 719. The number of amides is 2.